The number of rotatable bonds is 1. The van der Waals surface area contributed by atoms with Gasteiger partial charge in [0.1, 0.15) is 17.4 Å². The summed E-state index contributed by atoms with van der Waals surface area (Å²) >= 11 is 3.31. The van der Waals surface area contributed by atoms with Crippen molar-refractivity contribution in [1.29, 1.82) is 0 Å². The van der Waals surface area contributed by atoms with Crippen LogP contribution in [0.15, 0.2) is 34.9 Å². The molecular formula is C13H12BrN3O. The summed E-state index contributed by atoms with van der Waals surface area (Å²) in [6.07, 6.45) is 2.58. The van der Waals surface area contributed by atoms with Crippen molar-refractivity contribution >= 4 is 21.7 Å². The van der Waals surface area contributed by atoms with Crippen LogP contribution in [0.25, 0.3) is 0 Å². The molecule has 92 valence electrons. The van der Waals surface area contributed by atoms with Crippen LogP contribution in [0.2, 0.25) is 0 Å². The molecule has 4 nitrogen and oxygen atoms in total. The highest BCUT2D eigenvalue weighted by Crippen LogP contribution is 2.36. The zero-order chi connectivity index (χ0) is 12.5. The van der Waals surface area contributed by atoms with Gasteiger partial charge >= 0.3 is 0 Å². The molecule has 0 spiro atoms. The first-order valence-corrected chi connectivity index (χ1v) is 6.54. The molecule has 2 heterocycles. The van der Waals surface area contributed by atoms with E-state index >= 15 is 0 Å². The molecule has 0 aliphatic carbocycles. The van der Waals surface area contributed by atoms with Crippen molar-refractivity contribution in [2.24, 2.45) is 0 Å². The van der Waals surface area contributed by atoms with Crippen molar-refractivity contribution in [1.82, 2.24) is 9.97 Å². The minimum absolute atomic E-state index is 0.158. The predicted molar refractivity (Wildman–Crippen MR) is 72.5 cm³/mol. The van der Waals surface area contributed by atoms with Crippen molar-refractivity contribution in [3.05, 3.63) is 46.3 Å². The minimum Gasteiger partial charge on any atom is -0.493 e. The van der Waals surface area contributed by atoms with E-state index in [0.29, 0.717) is 12.4 Å². The first-order valence-electron chi connectivity index (χ1n) is 5.75. The summed E-state index contributed by atoms with van der Waals surface area (Å²) in [6, 6.07) is 8.01. The van der Waals surface area contributed by atoms with Gasteiger partial charge in [0.2, 0.25) is 0 Å². The molecule has 18 heavy (non-hydrogen) atoms. The Labute approximate surface area is 113 Å². The summed E-state index contributed by atoms with van der Waals surface area (Å²) in [6.45, 7) is 0.682. The molecule has 0 saturated heterocycles. The van der Waals surface area contributed by atoms with E-state index in [1.807, 2.05) is 18.2 Å². The van der Waals surface area contributed by atoms with E-state index in [-0.39, 0.29) is 5.92 Å². The number of ether oxygens (including phenoxy) is 1. The number of nitrogen functional groups attached to an aromatic ring is 1. The zero-order valence-corrected chi connectivity index (χ0v) is 11.2. The van der Waals surface area contributed by atoms with Crippen LogP contribution in [0.5, 0.6) is 5.75 Å². The number of halogens is 1. The molecule has 0 radical (unpaired) electrons. The summed E-state index contributed by atoms with van der Waals surface area (Å²) in [4.78, 5) is 8.73. The number of hydrogen-bond donors (Lipinski definition) is 1. The zero-order valence-electron chi connectivity index (χ0n) is 9.64. The fourth-order valence-corrected chi connectivity index (χ4v) is 2.36. The molecule has 0 saturated carbocycles. The first-order chi connectivity index (χ1) is 8.75. The molecule has 0 bridgehead atoms. The molecule has 1 aromatic heterocycles. The lowest BCUT2D eigenvalue weighted by molar-refractivity contribution is 0.274. The first kappa shape index (κ1) is 11.5. The lowest BCUT2D eigenvalue weighted by Crippen LogP contribution is -2.17. The summed E-state index contributed by atoms with van der Waals surface area (Å²) < 4.78 is 6.36. The van der Waals surface area contributed by atoms with Gasteiger partial charge in [0, 0.05) is 11.8 Å². The van der Waals surface area contributed by atoms with Crippen LogP contribution in [-0.2, 0) is 0 Å². The Morgan fingerprint density at radius 2 is 2.17 bits per heavy atom. The largest absolute Gasteiger partial charge is 0.493 e. The smallest absolute Gasteiger partial charge is 0.141 e. The highest BCUT2D eigenvalue weighted by molar-refractivity contribution is 9.10. The maximum absolute atomic E-state index is 5.82. The lowest BCUT2D eigenvalue weighted by atomic mass is 9.92. The number of benzene rings is 1. The van der Waals surface area contributed by atoms with Crippen molar-refractivity contribution in [2.75, 3.05) is 12.3 Å². The fourth-order valence-electron chi connectivity index (χ4n) is 2.17. The predicted octanol–water partition coefficient (Wildman–Crippen LogP) is 2.74. The van der Waals surface area contributed by atoms with Crippen molar-refractivity contribution in [3.63, 3.8) is 0 Å². The van der Waals surface area contributed by atoms with E-state index in [9.17, 15) is 0 Å². The van der Waals surface area contributed by atoms with Crippen LogP contribution in [0.1, 0.15) is 23.7 Å². The highest BCUT2D eigenvalue weighted by Gasteiger charge is 2.25. The number of hydrogen-bond acceptors (Lipinski definition) is 4. The summed E-state index contributed by atoms with van der Waals surface area (Å²) in [5.74, 6) is 2.31. The molecule has 1 unspecified atom stereocenters. The SMILES string of the molecule is Nc1nc(C2CCOc3ccccc32)ncc1Br. The molecule has 1 aliphatic heterocycles. The normalized spacial score (nSPS) is 17.9. The Bertz CT molecular complexity index is 588. The molecule has 1 atom stereocenters. The van der Waals surface area contributed by atoms with E-state index < -0.39 is 0 Å². The van der Waals surface area contributed by atoms with Gasteiger partial charge in [0.15, 0.2) is 0 Å². The molecule has 0 fully saturated rings. The van der Waals surface area contributed by atoms with Gasteiger partial charge in [0.25, 0.3) is 0 Å². The Kier molecular flexibility index (Phi) is 2.91. The van der Waals surface area contributed by atoms with Gasteiger partial charge in [-0.15, -0.1) is 0 Å². The average Bonchev–Trinajstić information content (AvgIpc) is 2.41. The Hall–Kier alpha value is -1.62. The third kappa shape index (κ3) is 1.95. The number of fused-ring (bicyclic) bond motifs is 1. The average molecular weight is 306 g/mol. The summed E-state index contributed by atoms with van der Waals surface area (Å²) in [7, 11) is 0. The Balaban J connectivity index is 2.05. The topological polar surface area (TPSA) is 61.0 Å². The highest BCUT2D eigenvalue weighted by atomic mass is 79.9. The number of nitrogens with zero attached hydrogens (tertiary/aromatic N) is 2. The second-order valence-electron chi connectivity index (χ2n) is 4.19. The van der Waals surface area contributed by atoms with Gasteiger partial charge < -0.3 is 10.5 Å². The number of nitrogens with two attached hydrogens (primary N) is 1. The molecule has 3 rings (SSSR count). The molecule has 5 heteroatoms. The molecule has 2 aromatic rings. The fraction of sp³-hybridized carbons (Fsp3) is 0.231. The molecule has 2 N–H and O–H groups in total. The van der Waals surface area contributed by atoms with Gasteiger partial charge in [-0.1, -0.05) is 18.2 Å². The monoisotopic (exact) mass is 305 g/mol. The summed E-state index contributed by atoms with van der Waals surface area (Å²) in [5.41, 5.74) is 6.95. The van der Waals surface area contributed by atoms with Crippen molar-refractivity contribution in [2.45, 2.75) is 12.3 Å². The maximum atomic E-state index is 5.82. The van der Waals surface area contributed by atoms with Crippen molar-refractivity contribution in [3.8, 4) is 5.75 Å². The Morgan fingerprint density at radius 1 is 1.33 bits per heavy atom. The van der Waals surface area contributed by atoms with Crippen LogP contribution < -0.4 is 10.5 Å². The van der Waals surface area contributed by atoms with E-state index in [1.165, 1.54) is 0 Å². The van der Waals surface area contributed by atoms with E-state index in [4.69, 9.17) is 10.5 Å². The molecular weight excluding hydrogens is 294 g/mol. The van der Waals surface area contributed by atoms with Crippen LogP contribution in [0, 0.1) is 0 Å². The van der Waals surface area contributed by atoms with E-state index in [1.54, 1.807) is 6.20 Å². The molecule has 0 amide bonds. The Morgan fingerprint density at radius 3 is 3.00 bits per heavy atom. The van der Waals surface area contributed by atoms with Crippen LogP contribution in [0.4, 0.5) is 5.82 Å². The second kappa shape index (κ2) is 4.57. The van der Waals surface area contributed by atoms with Gasteiger partial charge in [-0.2, -0.15) is 0 Å². The number of anilines is 1. The maximum Gasteiger partial charge on any atom is 0.141 e. The molecule has 1 aliphatic rings. The van der Waals surface area contributed by atoms with Gasteiger partial charge in [-0.25, -0.2) is 9.97 Å². The van der Waals surface area contributed by atoms with Crippen molar-refractivity contribution < 1.29 is 4.74 Å². The second-order valence-corrected chi connectivity index (χ2v) is 5.04. The van der Waals surface area contributed by atoms with Gasteiger partial charge in [-0.05, 0) is 28.4 Å². The number of para-hydroxylation sites is 1. The summed E-state index contributed by atoms with van der Waals surface area (Å²) in [5, 5.41) is 0. The minimum atomic E-state index is 0.158. The third-order valence-corrected chi connectivity index (χ3v) is 3.67. The van der Waals surface area contributed by atoms with Gasteiger partial charge in [-0.3, -0.25) is 0 Å². The lowest BCUT2D eigenvalue weighted by Gasteiger charge is -2.24. The van der Waals surface area contributed by atoms with Crippen LogP contribution >= 0.6 is 15.9 Å². The standard InChI is InChI=1S/C13H12BrN3O/c14-10-7-16-13(17-12(10)15)9-5-6-18-11-4-2-1-3-8(9)11/h1-4,7,9H,5-6H2,(H2,15,16,17). The quantitative estimate of drug-likeness (QED) is 0.880. The van der Waals surface area contributed by atoms with Gasteiger partial charge in [0.05, 0.1) is 17.0 Å². The van der Waals surface area contributed by atoms with E-state index in [2.05, 4.69) is 32.0 Å². The number of aromatic nitrogens is 2. The third-order valence-electron chi connectivity index (χ3n) is 3.06. The van der Waals surface area contributed by atoms with Crippen LogP contribution in [0.3, 0.4) is 0 Å². The molecule has 1 aromatic carbocycles. The van der Waals surface area contributed by atoms with E-state index in [0.717, 1.165) is 28.0 Å². The van der Waals surface area contributed by atoms with Crippen LogP contribution in [-0.4, -0.2) is 16.6 Å².